The molecule has 4 rings (SSSR count). The van der Waals surface area contributed by atoms with Crippen molar-refractivity contribution in [2.75, 3.05) is 0 Å². The molecule has 4 heterocycles. The molecule has 0 amide bonds. The van der Waals surface area contributed by atoms with Gasteiger partial charge in [-0.2, -0.15) is 4.98 Å². The molecule has 134 valence electrons. The molecule has 0 fully saturated rings. The van der Waals surface area contributed by atoms with Gasteiger partial charge in [0.2, 0.25) is 5.82 Å². The Kier molecular flexibility index (Phi) is 3.88. The molecule has 0 atom stereocenters. The van der Waals surface area contributed by atoms with Gasteiger partial charge >= 0.3 is 5.69 Å². The zero-order valence-corrected chi connectivity index (χ0v) is 16.1. The number of hydrogen-bond donors (Lipinski definition) is 0. The molecule has 0 saturated heterocycles. The van der Waals surface area contributed by atoms with Gasteiger partial charge in [0.05, 0.1) is 15.3 Å². The van der Waals surface area contributed by atoms with Gasteiger partial charge in [-0.15, -0.1) is 22.7 Å². The molecule has 0 spiro atoms. The summed E-state index contributed by atoms with van der Waals surface area (Å²) in [6.07, 6.45) is 0. The average molecular weight is 389 g/mol. The van der Waals surface area contributed by atoms with Crippen molar-refractivity contribution in [3.05, 3.63) is 37.3 Å². The van der Waals surface area contributed by atoms with E-state index < -0.39 is 0 Å². The minimum absolute atomic E-state index is 0.301. The number of hydrogen-bond acceptors (Lipinski definition) is 8. The SMILES string of the molecule is CC(C)c1nc(-c2noc(-c3cc4c(=O)n(C)c(=O)n(C)c4s3)n2)cs1. The van der Waals surface area contributed by atoms with Gasteiger partial charge in [0.25, 0.3) is 11.4 Å². The van der Waals surface area contributed by atoms with Gasteiger partial charge in [0.1, 0.15) is 10.5 Å². The van der Waals surface area contributed by atoms with Crippen LogP contribution in [0.25, 0.3) is 32.5 Å². The summed E-state index contributed by atoms with van der Waals surface area (Å²) in [5.41, 5.74) is -0.0460. The third-order valence-electron chi connectivity index (χ3n) is 4.01. The molecule has 8 nitrogen and oxygen atoms in total. The van der Waals surface area contributed by atoms with E-state index in [2.05, 4.69) is 29.0 Å². The van der Waals surface area contributed by atoms with E-state index in [-0.39, 0.29) is 11.2 Å². The highest BCUT2D eigenvalue weighted by molar-refractivity contribution is 7.21. The van der Waals surface area contributed by atoms with E-state index in [4.69, 9.17) is 4.52 Å². The lowest BCUT2D eigenvalue weighted by atomic mass is 10.2. The molecule has 0 aromatic carbocycles. The molecule has 4 aromatic heterocycles. The lowest BCUT2D eigenvalue weighted by Gasteiger charge is -2.01. The molecule has 26 heavy (non-hydrogen) atoms. The van der Waals surface area contributed by atoms with Crippen molar-refractivity contribution in [3.8, 4) is 22.3 Å². The molecule has 0 saturated carbocycles. The number of aryl methyl sites for hydroxylation is 1. The van der Waals surface area contributed by atoms with Gasteiger partial charge < -0.3 is 4.52 Å². The summed E-state index contributed by atoms with van der Waals surface area (Å²) in [4.78, 5) is 34.5. The quantitative estimate of drug-likeness (QED) is 0.534. The molecule has 0 aliphatic carbocycles. The second kappa shape index (κ2) is 5.99. The van der Waals surface area contributed by atoms with E-state index in [1.807, 2.05) is 5.38 Å². The number of nitrogens with zero attached hydrogens (tertiary/aromatic N) is 5. The number of thiazole rings is 1. The van der Waals surface area contributed by atoms with Gasteiger partial charge in [0, 0.05) is 25.4 Å². The molecular weight excluding hydrogens is 374 g/mol. The minimum Gasteiger partial charge on any atom is -0.333 e. The molecule has 4 aromatic rings. The van der Waals surface area contributed by atoms with Gasteiger partial charge in [0.15, 0.2) is 0 Å². The van der Waals surface area contributed by atoms with Crippen LogP contribution in [-0.4, -0.2) is 24.3 Å². The molecule has 0 aliphatic heterocycles. The average Bonchev–Trinajstić information content (AvgIpc) is 3.35. The Hall–Kier alpha value is -2.59. The number of rotatable bonds is 3. The molecule has 0 unspecified atom stereocenters. The molecular formula is C16H15N5O3S2. The summed E-state index contributed by atoms with van der Waals surface area (Å²) in [7, 11) is 3.09. The number of aromatic nitrogens is 5. The number of fused-ring (bicyclic) bond motifs is 1. The van der Waals surface area contributed by atoms with E-state index in [0.717, 1.165) is 9.57 Å². The van der Waals surface area contributed by atoms with Crippen molar-refractivity contribution in [2.24, 2.45) is 14.1 Å². The molecule has 10 heteroatoms. The Bertz CT molecular complexity index is 1240. The van der Waals surface area contributed by atoms with Crippen molar-refractivity contribution in [1.29, 1.82) is 0 Å². The highest BCUT2D eigenvalue weighted by atomic mass is 32.1. The Labute approximate surface area is 155 Å². The van der Waals surface area contributed by atoms with Crippen LogP contribution in [0, 0.1) is 0 Å². The summed E-state index contributed by atoms with van der Waals surface area (Å²) in [5.74, 6) is 1.04. The van der Waals surface area contributed by atoms with Crippen molar-refractivity contribution in [2.45, 2.75) is 19.8 Å². The fourth-order valence-electron chi connectivity index (χ4n) is 2.55. The molecule has 0 bridgehead atoms. The van der Waals surface area contributed by atoms with E-state index in [9.17, 15) is 9.59 Å². The van der Waals surface area contributed by atoms with Crippen LogP contribution in [0.2, 0.25) is 0 Å². The fourth-order valence-corrected chi connectivity index (χ4v) is 4.39. The standard InChI is InChI=1S/C16H15N5O3S2/c1-7(2)13-17-9(6-25-13)11-18-12(24-19-11)10-5-8-14(22)20(3)16(23)21(4)15(8)26-10/h5-7H,1-4H3. The van der Waals surface area contributed by atoms with E-state index in [1.54, 1.807) is 24.5 Å². The minimum atomic E-state index is -0.370. The normalized spacial score (nSPS) is 11.7. The van der Waals surface area contributed by atoms with Crippen molar-refractivity contribution in [3.63, 3.8) is 0 Å². The topological polar surface area (TPSA) is 95.8 Å². The van der Waals surface area contributed by atoms with Gasteiger partial charge in [-0.1, -0.05) is 19.0 Å². The largest absolute Gasteiger partial charge is 0.333 e. The van der Waals surface area contributed by atoms with Crippen molar-refractivity contribution < 1.29 is 4.52 Å². The number of thiophene rings is 1. The Morgan fingerprint density at radius 3 is 2.62 bits per heavy atom. The lowest BCUT2D eigenvalue weighted by molar-refractivity contribution is 0.433. The van der Waals surface area contributed by atoms with Crippen molar-refractivity contribution in [1.82, 2.24) is 24.3 Å². The van der Waals surface area contributed by atoms with Crippen LogP contribution in [0.15, 0.2) is 25.6 Å². The summed E-state index contributed by atoms with van der Waals surface area (Å²) in [5, 5.41) is 7.35. The summed E-state index contributed by atoms with van der Waals surface area (Å²) < 4.78 is 7.89. The van der Waals surface area contributed by atoms with Crippen LogP contribution in [0.1, 0.15) is 24.8 Å². The second-order valence-electron chi connectivity index (χ2n) is 6.18. The first-order valence-corrected chi connectivity index (χ1v) is 9.56. The van der Waals surface area contributed by atoms with Crippen LogP contribution in [0.5, 0.6) is 0 Å². The van der Waals surface area contributed by atoms with Gasteiger partial charge in [-0.25, -0.2) is 9.78 Å². The second-order valence-corrected chi connectivity index (χ2v) is 8.10. The maximum absolute atomic E-state index is 12.3. The molecule has 0 radical (unpaired) electrons. The third kappa shape index (κ3) is 2.53. The van der Waals surface area contributed by atoms with E-state index in [1.165, 1.54) is 23.0 Å². The Morgan fingerprint density at radius 2 is 1.92 bits per heavy atom. The first-order valence-electron chi connectivity index (χ1n) is 7.86. The smallest absolute Gasteiger partial charge is 0.331 e. The van der Waals surface area contributed by atoms with Crippen LogP contribution in [0.3, 0.4) is 0 Å². The maximum Gasteiger partial charge on any atom is 0.331 e. The summed E-state index contributed by atoms with van der Waals surface area (Å²) in [6, 6.07) is 1.68. The van der Waals surface area contributed by atoms with Crippen LogP contribution in [0.4, 0.5) is 0 Å². The summed E-state index contributed by atoms with van der Waals surface area (Å²) in [6.45, 7) is 4.15. The zero-order chi connectivity index (χ0) is 18.6. The van der Waals surface area contributed by atoms with Gasteiger partial charge in [-0.05, 0) is 6.07 Å². The van der Waals surface area contributed by atoms with Crippen LogP contribution in [-0.2, 0) is 14.1 Å². The molecule has 0 N–H and O–H groups in total. The van der Waals surface area contributed by atoms with E-state index in [0.29, 0.717) is 38.4 Å². The highest BCUT2D eigenvalue weighted by Gasteiger charge is 2.19. The Balaban J connectivity index is 1.80. The summed E-state index contributed by atoms with van der Waals surface area (Å²) >= 11 is 2.82. The predicted molar refractivity (Wildman–Crippen MR) is 101 cm³/mol. The fraction of sp³-hybridized carbons (Fsp3) is 0.312. The van der Waals surface area contributed by atoms with Crippen molar-refractivity contribution >= 4 is 32.9 Å². The monoisotopic (exact) mass is 389 g/mol. The maximum atomic E-state index is 12.3. The van der Waals surface area contributed by atoms with Crippen LogP contribution < -0.4 is 11.2 Å². The first kappa shape index (κ1) is 16.9. The Morgan fingerprint density at radius 1 is 1.15 bits per heavy atom. The highest BCUT2D eigenvalue weighted by Crippen LogP contribution is 2.32. The van der Waals surface area contributed by atoms with E-state index >= 15 is 0 Å². The van der Waals surface area contributed by atoms with Crippen LogP contribution >= 0.6 is 22.7 Å². The first-order chi connectivity index (χ1) is 12.4. The predicted octanol–water partition coefficient (Wildman–Crippen LogP) is 2.60. The zero-order valence-electron chi connectivity index (χ0n) is 14.5. The third-order valence-corrected chi connectivity index (χ3v) is 6.35. The van der Waals surface area contributed by atoms with Gasteiger partial charge in [-0.3, -0.25) is 13.9 Å². The molecule has 0 aliphatic rings. The lowest BCUT2D eigenvalue weighted by Crippen LogP contribution is -2.36.